The quantitative estimate of drug-likeness (QED) is 0.424. The van der Waals surface area contributed by atoms with E-state index in [9.17, 15) is 19.6 Å². The molecule has 11 nitrogen and oxygen atoms in total. The number of nitrogens with zero attached hydrogens (tertiary/aromatic N) is 5. The Labute approximate surface area is 230 Å². The van der Waals surface area contributed by atoms with E-state index in [4.69, 9.17) is 9.47 Å². The van der Waals surface area contributed by atoms with Crippen molar-refractivity contribution < 1.29 is 23.9 Å². The lowest BCUT2D eigenvalue weighted by atomic mass is 10.0. The van der Waals surface area contributed by atoms with Crippen LogP contribution in [-0.2, 0) is 27.2 Å². The Morgan fingerprint density at radius 2 is 2.21 bits per heavy atom. The minimum Gasteiger partial charge on any atom is -0.377 e. The van der Waals surface area contributed by atoms with Gasteiger partial charge in [-0.25, -0.2) is 19.6 Å². The molecule has 2 unspecified atom stereocenters. The van der Waals surface area contributed by atoms with Crippen molar-refractivity contribution in [3.8, 4) is 6.07 Å². The van der Waals surface area contributed by atoms with Crippen molar-refractivity contribution in [2.75, 3.05) is 43.1 Å². The summed E-state index contributed by atoms with van der Waals surface area (Å²) in [6.45, 7) is 4.63. The van der Waals surface area contributed by atoms with Gasteiger partial charge >= 0.3 is 6.03 Å². The van der Waals surface area contributed by atoms with Gasteiger partial charge in [0.1, 0.15) is 35.0 Å². The number of hydrogen-bond acceptors (Lipinski definition) is 10. The number of hydrogen-bond donors (Lipinski definition) is 1. The van der Waals surface area contributed by atoms with Gasteiger partial charge in [-0.1, -0.05) is 0 Å². The van der Waals surface area contributed by atoms with Crippen LogP contribution in [0.15, 0.2) is 28.9 Å². The smallest absolute Gasteiger partial charge is 0.328 e. The van der Waals surface area contributed by atoms with E-state index in [-0.39, 0.29) is 23.7 Å². The Balaban J connectivity index is 1.36. The molecule has 3 aliphatic rings. The van der Waals surface area contributed by atoms with E-state index >= 15 is 0 Å². The van der Waals surface area contributed by atoms with Crippen LogP contribution >= 0.6 is 11.8 Å². The monoisotopic (exact) mass is 548 g/mol. The molecule has 5 heterocycles. The maximum Gasteiger partial charge on any atom is 0.328 e. The van der Waals surface area contributed by atoms with Crippen LogP contribution in [-0.4, -0.2) is 77.4 Å². The fourth-order valence-electron chi connectivity index (χ4n) is 4.92. The van der Waals surface area contributed by atoms with Crippen molar-refractivity contribution in [2.24, 2.45) is 0 Å². The van der Waals surface area contributed by atoms with Crippen molar-refractivity contribution in [1.82, 2.24) is 14.9 Å². The number of fused-ring (bicyclic) bond motifs is 1. The Bertz CT molecular complexity index is 1370. The van der Waals surface area contributed by atoms with Crippen molar-refractivity contribution in [3.63, 3.8) is 0 Å². The minimum atomic E-state index is -0.418. The Kier molecular flexibility index (Phi) is 8.24. The standard InChI is InChI=1S/C27H28N6O5S/c1-17-23(4-7-38-17)39-24-10-25(29-12-20(24)11-28)31-27(36)33-5-2-3-18-9-19(22(15-35)30-26(18)33)13-32-6-8-37-16-21(32)14-34/h9-10,12,15,17,23H,2-8,13,16H2,1H3,(H,29,31,36). The van der Waals surface area contributed by atoms with Crippen LogP contribution in [0.5, 0.6) is 0 Å². The maximum atomic E-state index is 13.4. The molecule has 39 heavy (non-hydrogen) atoms. The molecule has 2 fully saturated rings. The van der Waals surface area contributed by atoms with Crippen LogP contribution in [0, 0.1) is 11.3 Å². The summed E-state index contributed by atoms with van der Waals surface area (Å²) in [6.07, 6.45) is 4.52. The van der Waals surface area contributed by atoms with Gasteiger partial charge in [0.25, 0.3) is 0 Å². The van der Waals surface area contributed by atoms with Gasteiger partial charge in [0.15, 0.2) is 6.29 Å². The van der Waals surface area contributed by atoms with Gasteiger partial charge in [0, 0.05) is 48.1 Å². The highest BCUT2D eigenvalue weighted by molar-refractivity contribution is 8.00. The zero-order valence-corrected chi connectivity index (χ0v) is 22.3. The molecule has 2 amide bonds. The summed E-state index contributed by atoms with van der Waals surface area (Å²) in [5, 5.41) is 12.6. The number of aromatic nitrogens is 2. The number of rotatable bonds is 6. The van der Waals surface area contributed by atoms with Crippen LogP contribution < -0.4 is 10.2 Å². The second-order valence-corrected chi connectivity index (χ2v) is 10.8. The fraction of sp³-hybridized carbons (Fsp3) is 0.444. The van der Waals surface area contributed by atoms with Gasteiger partial charge in [-0.3, -0.25) is 15.0 Å². The number of pyridine rings is 2. The summed E-state index contributed by atoms with van der Waals surface area (Å²) in [6, 6.07) is 5.36. The molecule has 0 aromatic carbocycles. The molecule has 12 heteroatoms. The molecule has 5 rings (SSSR count). The molecule has 0 bridgehead atoms. The van der Waals surface area contributed by atoms with E-state index in [1.807, 2.05) is 23.8 Å². The largest absolute Gasteiger partial charge is 0.377 e. The number of anilines is 2. The summed E-state index contributed by atoms with van der Waals surface area (Å²) in [4.78, 5) is 49.6. The van der Waals surface area contributed by atoms with Crippen LogP contribution in [0.4, 0.5) is 16.4 Å². The average Bonchev–Trinajstić information content (AvgIpc) is 3.36. The van der Waals surface area contributed by atoms with Crippen LogP contribution in [0.2, 0.25) is 0 Å². The zero-order chi connectivity index (χ0) is 27.4. The molecule has 1 N–H and O–H groups in total. The van der Waals surface area contributed by atoms with Crippen molar-refractivity contribution in [3.05, 3.63) is 46.4 Å². The number of aldehydes is 1. The van der Waals surface area contributed by atoms with E-state index in [1.165, 1.54) is 11.1 Å². The molecule has 2 saturated heterocycles. The molecule has 3 aliphatic heterocycles. The lowest BCUT2D eigenvalue weighted by Gasteiger charge is -2.31. The third-order valence-corrected chi connectivity index (χ3v) is 8.56. The summed E-state index contributed by atoms with van der Waals surface area (Å²) in [5.74, 6) is 2.67. The van der Waals surface area contributed by atoms with Gasteiger partial charge in [-0.15, -0.1) is 11.8 Å². The summed E-state index contributed by atoms with van der Waals surface area (Å²) >= 11 is 1.56. The van der Waals surface area contributed by atoms with E-state index in [0.29, 0.717) is 74.0 Å². The number of carbonyl (C=O) groups excluding carboxylic acids is 3. The van der Waals surface area contributed by atoms with Gasteiger partial charge in [-0.2, -0.15) is 5.26 Å². The van der Waals surface area contributed by atoms with E-state index in [2.05, 4.69) is 21.4 Å². The number of ether oxygens (including phenoxy) is 2. The second-order valence-electron chi connectivity index (χ2n) is 9.54. The highest BCUT2D eigenvalue weighted by Crippen LogP contribution is 2.35. The van der Waals surface area contributed by atoms with E-state index in [1.54, 1.807) is 17.8 Å². The second kappa shape index (κ2) is 12.0. The molecular formula is C27H28N6O5S. The van der Waals surface area contributed by atoms with Crippen molar-refractivity contribution >= 4 is 41.7 Å². The van der Waals surface area contributed by atoms with Gasteiger partial charge in [0.2, 0.25) is 0 Å². The molecule has 0 aliphatic carbocycles. The molecule has 2 atom stereocenters. The third kappa shape index (κ3) is 5.82. The number of thioether (sulfide) groups is 1. The number of amides is 2. The number of morpholine rings is 1. The molecule has 0 radical (unpaired) electrons. The van der Waals surface area contributed by atoms with Gasteiger partial charge in [-0.05, 0) is 43.9 Å². The van der Waals surface area contributed by atoms with Gasteiger partial charge < -0.3 is 14.4 Å². The minimum absolute atomic E-state index is 0.0740. The van der Waals surface area contributed by atoms with Crippen LogP contribution in [0.1, 0.15) is 46.9 Å². The first-order valence-electron chi connectivity index (χ1n) is 12.8. The maximum absolute atomic E-state index is 13.4. The molecule has 0 saturated carbocycles. The predicted molar refractivity (Wildman–Crippen MR) is 143 cm³/mol. The van der Waals surface area contributed by atoms with Gasteiger partial charge in [0.05, 0.1) is 24.9 Å². The average molecular weight is 549 g/mol. The summed E-state index contributed by atoms with van der Waals surface area (Å²) in [5.41, 5.74) is 2.59. The molecule has 2 aromatic rings. The highest BCUT2D eigenvalue weighted by Gasteiger charge is 2.29. The normalized spacial score (nSPS) is 20.7. The lowest BCUT2D eigenvalue weighted by molar-refractivity contribution is 0.0718. The molecule has 2 aromatic heterocycles. The molecule has 202 valence electrons. The topological polar surface area (TPSA) is 138 Å². The number of aryl methyl sites for hydroxylation is 1. The van der Waals surface area contributed by atoms with Crippen molar-refractivity contribution in [1.29, 1.82) is 5.26 Å². The van der Waals surface area contributed by atoms with Crippen LogP contribution in [0.25, 0.3) is 0 Å². The predicted octanol–water partition coefficient (Wildman–Crippen LogP) is 2.96. The molecular weight excluding hydrogens is 520 g/mol. The number of carbonyl (C=O) groups is 2. The van der Waals surface area contributed by atoms with Crippen LogP contribution in [0.3, 0.4) is 0 Å². The zero-order valence-electron chi connectivity index (χ0n) is 21.5. The fourth-order valence-corrected chi connectivity index (χ4v) is 6.14. The van der Waals surface area contributed by atoms with E-state index in [0.717, 1.165) is 23.3 Å². The number of nitrogens with one attached hydrogen (secondary N) is 1. The first kappa shape index (κ1) is 26.8. The van der Waals surface area contributed by atoms with E-state index < -0.39 is 6.03 Å². The number of nitriles is 1. The molecule has 0 spiro atoms. The highest BCUT2D eigenvalue weighted by atomic mass is 32.2. The summed E-state index contributed by atoms with van der Waals surface area (Å²) < 4.78 is 11.0. The first-order chi connectivity index (χ1) is 19.0. The van der Waals surface area contributed by atoms with Crippen molar-refractivity contribution in [2.45, 2.75) is 49.0 Å². The Morgan fingerprint density at radius 1 is 1.33 bits per heavy atom. The first-order valence-corrected chi connectivity index (χ1v) is 13.7. The third-order valence-electron chi connectivity index (χ3n) is 7.04. The SMILES string of the molecule is CC1OCCC1Sc1cc(NC(=O)N2CCCc3cc(CN4CCOCC4=C=O)c(C=O)nc32)ncc1C#N. The summed E-state index contributed by atoms with van der Waals surface area (Å²) in [7, 11) is 0. The number of urea groups is 1. The lowest BCUT2D eigenvalue weighted by Crippen LogP contribution is -2.40. The Hall–Kier alpha value is -3.75. The Morgan fingerprint density at radius 3 is 2.95 bits per heavy atom.